The van der Waals surface area contributed by atoms with Crippen LogP contribution in [0.15, 0.2) is 53.2 Å². The van der Waals surface area contributed by atoms with E-state index in [0.29, 0.717) is 25.3 Å². The van der Waals surface area contributed by atoms with Crippen molar-refractivity contribution < 1.29 is 37.7 Å². The smallest absolute Gasteiger partial charge is 0.377 e. The van der Waals surface area contributed by atoms with Crippen molar-refractivity contribution in [2.45, 2.75) is 57.3 Å². The first-order chi connectivity index (χ1) is 19.2. The lowest BCUT2D eigenvalue weighted by Crippen LogP contribution is -2.54. The number of carbonyl (C=O) groups is 3. The molecule has 0 spiro atoms. The van der Waals surface area contributed by atoms with Gasteiger partial charge >= 0.3 is 17.9 Å². The van der Waals surface area contributed by atoms with E-state index in [2.05, 4.69) is 10.6 Å². The first kappa shape index (κ1) is 29.3. The molecule has 3 amide bonds. The van der Waals surface area contributed by atoms with Crippen molar-refractivity contribution in [3.63, 3.8) is 0 Å². The second kappa shape index (κ2) is 13.1. The fourth-order valence-electron chi connectivity index (χ4n) is 4.21. The highest BCUT2D eigenvalue weighted by molar-refractivity contribution is 7.10. The monoisotopic (exact) mass is 593 g/mol. The standard InChI is InChI=1S/C27H29F2N3O6S2/c1-2-3-8-20(24(33)32(14-18-6-4-11-39-18)15-19-7-5-12-40-19)30-26(36)31-23(27(28,29)25(34)35)17-9-10-21-22(13-17)38-16-37-21/h4-7,9-13,20,23H,2-3,8,14-16H2,1H3,(H,34,35)(H2,30,31,36)/t20-,23-/m0/s1. The maximum absolute atomic E-state index is 14.9. The van der Waals surface area contributed by atoms with Crippen LogP contribution >= 0.6 is 22.7 Å². The summed E-state index contributed by atoms with van der Waals surface area (Å²) in [6.45, 7) is 2.45. The Morgan fingerprint density at radius 1 is 1.02 bits per heavy atom. The number of nitrogens with zero attached hydrogens (tertiary/aromatic N) is 1. The molecule has 2 atom stereocenters. The van der Waals surface area contributed by atoms with Gasteiger partial charge in [0.05, 0.1) is 13.1 Å². The molecule has 0 bridgehead atoms. The van der Waals surface area contributed by atoms with Gasteiger partial charge in [0.1, 0.15) is 12.1 Å². The quantitative estimate of drug-likeness (QED) is 0.245. The molecule has 0 saturated heterocycles. The topological polar surface area (TPSA) is 117 Å². The average molecular weight is 594 g/mol. The minimum atomic E-state index is -4.36. The number of hydrogen-bond donors (Lipinski definition) is 3. The lowest BCUT2D eigenvalue weighted by atomic mass is 10.00. The van der Waals surface area contributed by atoms with Crippen LogP contribution in [0.1, 0.15) is 47.5 Å². The zero-order valence-corrected chi connectivity index (χ0v) is 23.2. The van der Waals surface area contributed by atoms with Gasteiger partial charge in [-0.2, -0.15) is 8.78 Å². The van der Waals surface area contributed by atoms with Crippen molar-refractivity contribution in [2.24, 2.45) is 0 Å². The van der Waals surface area contributed by atoms with Crippen molar-refractivity contribution in [1.82, 2.24) is 15.5 Å². The number of fused-ring (bicyclic) bond motifs is 1. The third kappa shape index (κ3) is 7.07. The van der Waals surface area contributed by atoms with E-state index in [1.165, 1.54) is 40.9 Å². The van der Waals surface area contributed by atoms with E-state index in [0.717, 1.165) is 16.2 Å². The Morgan fingerprint density at radius 3 is 2.25 bits per heavy atom. The zero-order valence-electron chi connectivity index (χ0n) is 21.6. The largest absolute Gasteiger partial charge is 0.477 e. The van der Waals surface area contributed by atoms with Crippen molar-refractivity contribution >= 4 is 40.6 Å². The number of aliphatic carboxylic acids is 1. The van der Waals surface area contributed by atoms with Crippen LogP contribution in [0.25, 0.3) is 0 Å². The van der Waals surface area contributed by atoms with Gasteiger partial charge < -0.3 is 30.1 Å². The van der Waals surface area contributed by atoms with E-state index < -0.39 is 30.0 Å². The van der Waals surface area contributed by atoms with E-state index >= 15 is 0 Å². The molecular formula is C27H29F2N3O6S2. The molecule has 0 fully saturated rings. The number of carbonyl (C=O) groups excluding carboxylic acids is 2. The SMILES string of the molecule is CCCC[C@H](NC(=O)N[C@@H](c1ccc2c(c1)OCO2)C(F)(F)C(=O)O)C(=O)N(Cc1cccs1)Cc1cccs1. The molecule has 4 rings (SSSR count). The second-order valence-corrected chi connectivity index (χ2v) is 11.2. The van der Waals surface area contributed by atoms with Crippen LogP contribution in [0, 0.1) is 0 Å². The Labute approximate surface area is 237 Å². The number of hydrogen-bond acceptors (Lipinski definition) is 7. The number of thiophene rings is 2. The van der Waals surface area contributed by atoms with Gasteiger partial charge in [0.25, 0.3) is 0 Å². The Bertz CT molecular complexity index is 1270. The number of alkyl halides is 2. The van der Waals surface area contributed by atoms with Crippen molar-refractivity contribution in [2.75, 3.05) is 6.79 Å². The Morgan fingerprint density at radius 2 is 1.68 bits per heavy atom. The molecule has 40 heavy (non-hydrogen) atoms. The first-order valence-corrected chi connectivity index (χ1v) is 14.4. The van der Waals surface area contributed by atoms with Gasteiger partial charge in [0.15, 0.2) is 11.5 Å². The molecule has 1 aliphatic heterocycles. The molecule has 0 saturated carbocycles. The van der Waals surface area contributed by atoms with Crippen molar-refractivity contribution in [3.05, 3.63) is 68.5 Å². The summed E-state index contributed by atoms with van der Waals surface area (Å²) in [4.78, 5) is 41.8. The van der Waals surface area contributed by atoms with Crippen molar-refractivity contribution in [1.29, 1.82) is 0 Å². The molecule has 3 aromatic rings. The predicted octanol–water partition coefficient (Wildman–Crippen LogP) is 5.39. The van der Waals surface area contributed by atoms with E-state index in [4.69, 9.17) is 9.47 Å². The van der Waals surface area contributed by atoms with Crippen LogP contribution in [0.3, 0.4) is 0 Å². The van der Waals surface area contributed by atoms with E-state index in [9.17, 15) is 28.3 Å². The maximum atomic E-state index is 14.9. The summed E-state index contributed by atoms with van der Waals surface area (Å²) in [5, 5.41) is 17.7. The number of rotatable bonds is 13. The molecule has 3 N–H and O–H groups in total. The fourth-order valence-corrected chi connectivity index (χ4v) is 5.65. The number of nitrogens with one attached hydrogen (secondary N) is 2. The van der Waals surface area contributed by atoms with Crippen LogP contribution in [-0.2, 0) is 22.7 Å². The number of ether oxygens (including phenoxy) is 2. The van der Waals surface area contributed by atoms with E-state index in [1.807, 2.05) is 41.9 Å². The number of benzene rings is 1. The first-order valence-electron chi connectivity index (χ1n) is 12.6. The van der Waals surface area contributed by atoms with Gasteiger partial charge in [-0.3, -0.25) is 4.79 Å². The minimum absolute atomic E-state index is 0.110. The summed E-state index contributed by atoms with van der Waals surface area (Å²) in [5.74, 6) is -6.67. The number of carboxylic acid groups (broad SMARTS) is 1. The molecule has 13 heteroatoms. The molecule has 9 nitrogen and oxygen atoms in total. The zero-order chi connectivity index (χ0) is 28.7. The highest BCUT2D eigenvalue weighted by Crippen LogP contribution is 2.38. The summed E-state index contributed by atoms with van der Waals surface area (Å²) in [6, 6.07) is 7.03. The Kier molecular flexibility index (Phi) is 9.58. The molecule has 0 aliphatic carbocycles. The summed E-state index contributed by atoms with van der Waals surface area (Å²) in [6.07, 6.45) is 1.61. The number of halogens is 2. The average Bonchev–Trinajstić information content (AvgIpc) is 3.72. The molecule has 0 radical (unpaired) electrons. The van der Waals surface area contributed by atoms with Crippen molar-refractivity contribution in [3.8, 4) is 11.5 Å². The van der Waals surface area contributed by atoms with Gasteiger partial charge in [-0.15, -0.1) is 22.7 Å². The number of urea groups is 1. The van der Waals surface area contributed by atoms with Crippen LogP contribution in [0.2, 0.25) is 0 Å². The second-order valence-electron chi connectivity index (χ2n) is 9.14. The number of unbranched alkanes of at least 4 members (excludes halogenated alkanes) is 1. The van der Waals surface area contributed by atoms with Gasteiger partial charge in [-0.1, -0.05) is 38.0 Å². The van der Waals surface area contributed by atoms with E-state index in [-0.39, 0.29) is 30.4 Å². The van der Waals surface area contributed by atoms with Crippen LogP contribution in [0.5, 0.6) is 11.5 Å². The van der Waals surface area contributed by atoms with Crippen LogP contribution in [-0.4, -0.2) is 46.7 Å². The summed E-state index contributed by atoms with van der Waals surface area (Å²) >= 11 is 2.99. The predicted molar refractivity (Wildman–Crippen MR) is 146 cm³/mol. The van der Waals surface area contributed by atoms with Gasteiger partial charge in [0.2, 0.25) is 12.7 Å². The molecule has 1 aromatic carbocycles. The Balaban J connectivity index is 1.55. The van der Waals surface area contributed by atoms with Gasteiger partial charge in [-0.25, -0.2) is 9.59 Å². The lowest BCUT2D eigenvalue weighted by molar-refractivity contribution is -0.169. The van der Waals surface area contributed by atoms with Gasteiger partial charge in [-0.05, 0) is 47.0 Å². The third-order valence-corrected chi connectivity index (χ3v) is 7.99. The number of carboxylic acids is 1. The number of amides is 3. The molecule has 214 valence electrons. The highest BCUT2D eigenvalue weighted by atomic mass is 32.1. The molecule has 3 heterocycles. The van der Waals surface area contributed by atoms with Gasteiger partial charge in [0, 0.05) is 9.75 Å². The fraction of sp³-hybridized carbons (Fsp3) is 0.370. The molecule has 0 unspecified atom stereocenters. The van der Waals surface area contributed by atoms with Crippen LogP contribution in [0.4, 0.5) is 13.6 Å². The lowest BCUT2D eigenvalue weighted by Gasteiger charge is -2.29. The minimum Gasteiger partial charge on any atom is -0.477 e. The molecule has 2 aromatic heterocycles. The molecule has 1 aliphatic rings. The summed E-state index contributed by atoms with van der Waals surface area (Å²) in [7, 11) is 0. The summed E-state index contributed by atoms with van der Waals surface area (Å²) < 4.78 is 40.2. The third-order valence-electron chi connectivity index (χ3n) is 6.27. The highest BCUT2D eigenvalue weighted by Gasteiger charge is 2.50. The van der Waals surface area contributed by atoms with Crippen LogP contribution < -0.4 is 20.1 Å². The Hall–Kier alpha value is -3.71. The van der Waals surface area contributed by atoms with E-state index in [1.54, 1.807) is 4.90 Å². The molecular weight excluding hydrogens is 564 g/mol. The normalized spacial score (nSPS) is 13.9. The maximum Gasteiger partial charge on any atom is 0.377 e. The summed E-state index contributed by atoms with van der Waals surface area (Å²) in [5.41, 5.74) is -0.194.